The Morgan fingerprint density at radius 3 is 2.38 bits per heavy atom. The molecule has 0 spiro atoms. The standard InChI is InChI=1S/C21H23ClN2O4S/c22-18-5-7-19(8-6-18)28-15-21(25)23-10-12-24(13-11-23)29(26,27)20-9-4-16-2-1-3-17(16)14-20/h4-9,14H,1-3,10-13,15H2. The van der Waals surface area contributed by atoms with Gasteiger partial charge in [-0.1, -0.05) is 17.7 Å². The molecule has 0 radical (unpaired) electrons. The minimum absolute atomic E-state index is 0.0841. The molecule has 1 fully saturated rings. The molecular weight excluding hydrogens is 412 g/mol. The summed E-state index contributed by atoms with van der Waals surface area (Å²) in [4.78, 5) is 14.4. The van der Waals surface area contributed by atoms with E-state index in [9.17, 15) is 13.2 Å². The van der Waals surface area contributed by atoms with Gasteiger partial charge in [-0.3, -0.25) is 4.79 Å². The number of rotatable bonds is 5. The van der Waals surface area contributed by atoms with E-state index >= 15 is 0 Å². The monoisotopic (exact) mass is 434 g/mol. The van der Waals surface area contributed by atoms with Gasteiger partial charge in [-0.2, -0.15) is 4.31 Å². The summed E-state index contributed by atoms with van der Waals surface area (Å²) in [6.45, 7) is 1.19. The van der Waals surface area contributed by atoms with Crippen molar-refractivity contribution in [1.82, 2.24) is 9.21 Å². The van der Waals surface area contributed by atoms with Gasteiger partial charge < -0.3 is 9.64 Å². The van der Waals surface area contributed by atoms with E-state index in [2.05, 4.69) is 0 Å². The summed E-state index contributed by atoms with van der Waals surface area (Å²) in [5.74, 6) is 0.412. The van der Waals surface area contributed by atoms with E-state index < -0.39 is 10.0 Å². The summed E-state index contributed by atoms with van der Waals surface area (Å²) < 4.78 is 32.9. The number of aryl methyl sites for hydroxylation is 2. The molecule has 1 aliphatic heterocycles. The Morgan fingerprint density at radius 1 is 0.966 bits per heavy atom. The molecule has 0 aromatic heterocycles. The van der Waals surface area contributed by atoms with Gasteiger partial charge in [-0.15, -0.1) is 0 Å². The number of carbonyl (C=O) groups excluding carboxylic acids is 1. The fraction of sp³-hybridized carbons (Fsp3) is 0.381. The Hall–Kier alpha value is -2.09. The molecule has 0 N–H and O–H groups in total. The molecule has 1 aliphatic carbocycles. The molecule has 29 heavy (non-hydrogen) atoms. The third-order valence-corrected chi connectivity index (χ3v) is 7.62. The summed E-state index contributed by atoms with van der Waals surface area (Å²) in [6.07, 6.45) is 3.04. The molecule has 8 heteroatoms. The number of carbonyl (C=O) groups is 1. The molecule has 0 atom stereocenters. The molecule has 0 bridgehead atoms. The van der Waals surface area contributed by atoms with Gasteiger partial charge in [-0.25, -0.2) is 8.42 Å². The zero-order valence-electron chi connectivity index (χ0n) is 16.0. The number of nitrogens with zero attached hydrogens (tertiary/aromatic N) is 2. The average Bonchev–Trinajstić information content (AvgIpc) is 3.21. The number of piperazine rings is 1. The van der Waals surface area contributed by atoms with Crippen LogP contribution in [0.15, 0.2) is 47.4 Å². The summed E-state index contributed by atoms with van der Waals surface area (Å²) in [6, 6.07) is 12.3. The predicted molar refractivity (Wildman–Crippen MR) is 111 cm³/mol. The maximum Gasteiger partial charge on any atom is 0.260 e. The first-order valence-electron chi connectivity index (χ1n) is 9.71. The van der Waals surface area contributed by atoms with Crippen molar-refractivity contribution in [1.29, 1.82) is 0 Å². The second-order valence-corrected chi connectivity index (χ2v) is 9.69. The molecule has 6 nitrogen and oxygen atoms in total. The van der Waals surface area contributed by atoms with Crippen LogP contribution in [0.2, 0.25) is 5.02 Å². The number of hydrogen-bond acceptors (Lipinski definition) is 4. The number of fused-ring (bicyclic) bond motifs is 1. The summed E-state index contributed by atoms with van der Waals surface area (Å²) in [5.41, 5.74) is 2.39. The molecule has 0 unspecified atom stereocenters. The maximum atomic E-state index is 13.0. The van der Waals surface area contributed by atoms with Crippen LogP contribution >= 0.6 is 11.6 Å². The Bertz CT molecular complexity index is 1000. The zero-order valence-corrected chi connectivity index (χ0v) is 17.6. The van der Waals surface area contributed by atoms with Gasteiger partial charge in [0.25, 0.3) is 5.91 Å². The highest BCUT2D eigenvalue weighted by Gasteiger charge is 2.30. The van der Waals surface area contributed by atoms with Crippen LogP contribution in [0.25, 0.3) is 0 Å². The normalized spacial score (nSPS) is 17.2. The molecule has 0 saturated carbocycles. The van der Waals surface area contributed by atoms with Crippen molar-refractivity contribution >= 4 is 27.5 Å². The van der Waals surface area contributed by atoms with E-state index in [4.69, 9.17) is 16.3 Å². The fourth-order valence-electron chi connectivity index (χ4n) is 3.80. The minimum Gasteiger partial charge on any atom is -0.484 e. The Balaban J connectivity index is 1.33. The van der Waals surface area contributed by atoms with Gasteiger partial charge in [0.05, 0.1) is 4.90 Å². The lowest BCUT2D eigenvalue weighted by molar-refractivity contribution is -0.134. The average molecular weight is 435 g/mol. The van der Waals surface area contributed by atoms with Crippen molar-refractivity contribution in [2.24, 2.45) is 0 Å². The van der Waals surface area contributed by atoms with Gasteiger partial charge in [0.1, 0.15) is 5.75 Å². The maximum absolute atomic E-state index is 13.0. The molecule has 1 heterocycles. The van der Waals surface area contributed by atoms with E-state index in [1.807, 2.05) is 12.1 Å². The molecular formula is C21H23ClN2O4S. The van der Waals surface area contributed by atoms with Crippen LogP contribution in [0.3, 0.4) is 0 Å². The third kappa shape index (κ3) is 4.42. The lowest BCUT2D eigenvalue weighted by Gasteiger charge is -2.34. The van der Waals surface area contributed by atoms with Gasteiger partial charge in [0, 0.05) is 31.2 Å². The first-order chi connectivity index (χ1) is 13.9. The van der Waals surface area contributed by atoms with E-state index in [1.165, 1.54) is 9.87 Å². The quantitative estimate of drug-likeness (QED) is 0.725. The number of sulfonamides is 1. The van der Waals surface area contributed by atoms with Gasteiger partial charge in [0.15, 0.2) is 6.61 Å². The topological polar surface area (TPSA) is 66.9 Å². The highest BCUT2D eigenvalue weighted by Crippen LogP contribution is 2.26. The smallest absolute Gasteiger partial charge is 0.260 e. The molecule has 1 saturated heterocycles. The van der Waals surface area contributed by atoms with Gasteiger partial charge >= 0.3 is 0 Å². The van der Waals surface area contributed by atoms with Crippen LogP contribution in [0.1, 0.15) is 17.5 Å². The Morgan fingerprint density at radius 2 is 1.66 bits per heavy atom. The van der Waals surface area contributed by atoms with Crippen LogP contribution in [0, 0.1) is 0 Å². The van der Waals surface area contributed by atoms with E-state index in [0.29, 0.717) is 28.8 Å². The van der Waals surface area contributed by atoms with Crippen LogP contribution in [-0.2, 0) is 27.7 Å². The third-order valence-electron chi connectivity index (χ3n) is 5.48. The highest BCUT2D eigenvalue weighted by atomic mass is 35.5. The second kappa shape index (κ2) is 8.34. The number of ether oxygens (including phenoxy) is 1. The van der Waals surface area contributed by atoms with Gasteiger partial charge in [-0.05, 0) is 66.8 Å². The summed E-state index contributed by atoms with van der Waals surface area (Å²) >= 11 is 5.83. The van der Waals surface area contributed by atoms with Crippen LogP contribution in [-0.4, -0.2) is 56.3 Å². The SMILES string of the molecule is O=C(COc1ccc(Cl)cc1)N1CCN(S(=O)(=O)c2ccc3c(c2)CCC3)CC1. The number of halogens is 1. The van der Waals surface area contributed by atoms with Crippen molar-refractivity contribution in [3.05, 3.63) is 58.6 Å². The number of amides is 1. The molecule has 154 valence electrons. The molecule has 2 aromatic carbocycles. The van der Waals surface area contributed by atoms with Crippen LogP contribution in [0.5, 0.6) is 5.75 Å². The Labute approximate surface area is 176 Å². The van der Waals surface area contributed by atoms with E-state index in [0.717, 1.165) is 24.8 Å². The van der Waals surface area contributed by atoms with E-state index in [1.54, 1.807) is 35.2 Å². The van der Waals surface area contributed by atoms with E-state index in [-0.39, 0.29) is 25.6 Å². The minimum atomic E-state index is -3.54. The van der Waals surface area contributed by atoms with Crippen molar-refractivity contribution in [2.75, 3.05) is 32.8 Å². The van der Waals surface area contributed by atoms with Crippen molar-refractivity contribution < 1.29 is 17.9 Å². The molecule has 2 aromatic rings. The number of benzene rings is 2. The highest BCUT2D eigenvalue weighted by molar-refractivity contribution is 7.89. The molecule has 2 aliphatic rings. The first-order valence-corrected chi connectivity index (χ1v) is 11.5. The summed E-state index contributed by atoms with van der Waals surface area (Å²) in [5, 5.41) is 0.601. The largest absolute Gasteiger partial charge is 0.484 e. The van der Waals surface area contributed by atoms with Crippen LogP contribution in [0.4, 0.5) is 0 Å². The predicted octanol–water partition coefficient (Wildman–Crippen LogP) is 2.74. The molecule has 1 amide bonds. The lowest BCUT2D eigenvalue weighted by Crippen LogP contribution is -2.51. The molecule has 4 rings (SSSR count). The second-order valence-electron chi connectivity index (χ2n) is 7.31. The van der Waals surface area contributed by atoms with Crippen molar-refractivity contribution in [2.45, 2.75) is 24.2 Å². The Kier molecular flexibility index (Phi) is 5.81. The number of hydrogen-bond donors (Lipinski definition) is 0. The fourth-order valence-corrected chi connectivity index (χ4v) is 5.40. The lowest BCUT2D eigenvalue weighted by atomic mass is 10.1. The van der Waals surface area contributed by atoms with Crippen molar-refractivity contribution in [3.8, 4) is 5.75 Å². The van der Waals surface area contributed by atoms with Crippen LogP contribution < -0.4 is 4.74 Å². The van der Waals surface area contributed by atoms with Gasteiger partial charge in [0.2, 0.25) is 10.0 Å². The first kappa shape index (κ1) is 20.2. The van der Waals surface area contributed by atoms with Crippen molar-refractivity contribution in [3.63, 3.8) is 0 Å². The zero-order chi connectivity index (χ0) is 20.4. The summed E-state index contributed by atoms with van der Waals surface area (Å²) in [7, 11) is -3.54.